The lowest BCUT2D eigenvalue weighted by Gasteiger charge is -2.07. The molecule has 0 atom stereocenters. The minimum absolute atomic E-state index is 0.177. The van der Waals surface area contributed by atoms with E-state index in [4.69, 9.17) is 17.3 Å². The molecule has 0 radical (unpaired) electrons. The summed E-state index contributed by atoms with van der Waals surface area (Å²) in [6.45, 7) is 0.631. The van der Waals surface area contributed by atoms with E-state index in [2.05, 4.69) is 5.32 Å². The highest BCUT2D eigenvalue weighted by atomic mass is 35.5. The molecule has 0 aliphatic heterocycles. The SMILES string of the molecule is CSCCNC(=O)c1cccc(Cl)c1N. The van der Waals surface area contributed by atoms with Gasteiger partial charge >= 0.3 is 0 Å². The van der Waals surface area contributed by atoms with Gasteiger partial charge in [-0.1, -0.05) is 17.7 Å². The molecule has 0 fully saturated rings. The number of nitrogens with two attached hydrogens (primary N) is 1. The van der Waals surface area contributed by atoms with Crippen molar-refractivity contribution in [3.63, 3.8) is 0 Å². The van der Waals surface area contributed by atoms with Gasteiger partial charge in [-0.15, -0.1) is 0 Å². The summed E-state index contributed by atoms with van der Waals surface area (Å²) in [5, 5.41) is 3.18. The van der Waals surface area contributed by atoms with Gasteiger partial charge in [-0.3, -0.25) is 4.79 Å². The number of thioether (sulfide) groups is 1. The Labute approximate surface area is 98.4 Å². The molecule has 0 heterocycles. The zero-order valence-electron chi connectivity index (χ0n) is 8.42. The molecule has 1 aromatic carbocycles. The number of carbonyl (C=O) groups excluding carboxylic acids is 1. The van der Waals surface area contributed by atoms with Crippen molar-refractivity contribution in [1.82, 2.24) is 5.32 Å². The molecule has 1 aromatic rings. The summed E-state index contributed by atoms with van der Waals surface area (Å²) >= 11 is 7.48. The van der Waals surface area contributed by atoms with E-state index >= 15 is 0 Å². The van der Waals surface area contributed by atoms with Gasteiger partial charge in [0.05, 0.1) is 16.3 Å². The number of nitrogens with one attached hydrogen (secondary N) is 1. The minimum atomic E-state index is -0.177. The fourth-order valence-corrected chi connectivity index (χ4v) is 1.58. The molecule has 5 heteroatoms. The summed E-state index contributed by atoms with van der Waals surface area (Å²) in [4.78, 5) is 11.6. The van der Waals surface area contributed by atoms with Crippen LogP contribution in [-0.4, -0.2) is 24.5 Å². The molecule has 0 aliphatic carbocycles. The van der Waals surface area contributed by atoms with Crippen molar-refractivity contribution >= 4 is 35.0 Å². The van der Waals surface area contributed by atoms with E-state index in [1.807, 2.05) is 6.26 Å². The number of nitrogen functional groups attached to an aromatic ring is 1. The zero-order chi connectivity index (χ0) is 11.3. The predicted molar refractivity (Wildman–Crippen MR) is 66.6 cm³/mol. The fraction of sp³-hybridized carbons (Fsp3) is 0.300. The van der Waals surface area contributed by atoms with Gasteiger partial charge in [0.1, 0.15) is 0 Å². The van der Waals surface area contributed by atoms with Crippen LogP contribution < -0.4 is 11.1 Å². The second-order valence-electron chi connectivity index (χ2n) is 2.95. The van der Waals surface area contributed by atoms with Crippen molar-refractivity contribution < 1.29 is 4.79 Å². The molecule has 3 N–H and O–H groups in total. The van der Waals surface area contributed by atoms with Crippen LogP contribution in [-0.2, 0) is 0 Å². The van der Waals surface area contributed by atoms with Gasteiger partial charge < -0.3 is 11.1 Å². The molecule has 3 nitrogen and oxygen atoms in total. The number of amides is 1. The van der Waals surface area contributed by atoms with Crippen molar-refractivity contribution in [3.8, 4) is 0 Å². The number of hydrogen-bond donors (Lipinski definition) is 2. The lowest BCUT2D eigenvalue weighted by Crippen LogP contribution is -2.26. The van der Waals surface area contributed by atoms with E-state index in [0.29, 0.717) is 22.8 Å². The first-order valence-corrected chi connectivity index (χ1v) is 6.25. The largest absolute Gasteiger partial charge is 0.397 e. The lowest BCUT2D eigenvalue weighted by molar-refractivity contribution is 0.0957. The first-order valence-electron chi connectivity index (χ1n) is 4.48. The van der Waals surface area contributed by atoms with E-state index in [9.17, 15) is 4.79 Å². The van der Waals surface area contributed by atoms with Crippen molar-refractivity contribution in [2.75, 3.05) is 24.3 Å². The highest BCUT2D eigenvalue weighted by Crippen LogP contribution is 2.21. The zero-order valence-corrected chi connectivity index (χ0v) is 9.99. The standard InChI is InChI=1S/C10H13ClN2OS/c1-15-6-5-13-10(14)7-3-2-4-8(11)9(7)12/h2-4H,5-6,12H2,1H3,(H,13,14). The summed E-state index contributed by atoms with van der Waals surface area (Å²) in [7, 11) is 0. The normalized spacial score (nSPS) is 10.0. The number of carbonyl (C=O) groups is 1. The Balaban J connectivity index is 2.69. The molecule has 0 aromatic heterocycles. The summed E-state index contributed by atoms with van der Waals surface area (Å²) in [5.74, 6) is 0.704. The maximum atomic E-state index is 11.6. The average Bonchev–Trinajstić information content (AvgIpc) is 2.22. The number of halogens is 1. The summed E-state index contributed by atoms with van der Waals surface area (Å²) in [6.07, 6.45) is 1.99. The van der Waals surface area contributed by atoms with Crippen molar-refractivity contribution in [2.24, 2.45) is 0 Å². The molecule has 0 aliphatic rings. The number of hydrogen-bond acceptors (Lipinski definition) is 3. The number of anilines is 1. The molecule has 1 rings (SSSR count). The van der Waals surface area contributed by atoms with Gasteiger partial charge in [-0.25, -0.2) is 0 Å². The second-order valence-corrected chi connectivity index (χ2v) is 4.34. The van der Waals surface area contributed by atoms with E-state index in [0.717, 1.165) is 5.75 Å². The molecule has 1 amide bonds. The van der Waals surface area contributed by atoms with Crippen LogP contribution in [0.2, 0.25) is 5.02 Å². The molecule has 15 heavy (non-hydrogen) atoms. The van der Waals surface area contributed by atoms with Gasteiger partial charge in [0, 0.05) is 12.3 Å². The van der Waals surface area contributed by atoms with E-state index in [1.54, 1.807) is 30.0 Å². The van der Waals surface area contributed by atoms with Gasteiger partial charge in [0.2, 0.25) is 0 Å². The first-order chi connectivity index (χ1) is 7.16. The molecular formula is C10H13ClN2OS. The van der Waals surface area contributed by atoms with Gasteiger partial charge in [-0.05, 0) is 18.4 Å². The monoisotopic (exact) mass is 244 g/mol. The molecule has 82 valence electrons. The summed E-state index contributed by atoms with van der Waals surface area (Å²) < 4.78 is 0. The highest BCUT2D eigenvalue weighted by Gasteiger charge is 2.10. The van der Waals surface area contributed by atoms with E-state index in [1.165, 1.54) is 0 Å². The Morgan fingerprint density at radius 2 is 2.33 bits per heavy atom. The maximum Gasteiger partial charge on any atom is 0.253 e. The smallest absolute Gasteiger partial charge is 0.253 e. The Bertz CT molecular complexity index is 357. The van der Waals surface area contributed by atoms with Crippen LogP contribution in [0.5, 0.6) is 0 Å². The van der Waals surface area contributed by atoms with Crippen molar-refractivity contribution in [1.29, 1.82) is 0 Å². The number of para-hydroxylation sites is 1. The van der Waals surface area contributed by atoms with Gasteiger partial charge in [0.25, 0.3) is 5.91 Å². The van der Waals surface area contributed by atoms with Crippen LogP contribution in [0.3, 0.4) is 0 Å². The quantitative estimate of drug-likeness (QED) is 0.629. The Morgan fingerprint density at radius 1 is 1.60 bits per heavy atom. The predicted octanol–water partition coefficient (Wildman–Crippen LogP) is 2.02. The minimum Gasteiger partial charge on any atom is -0.397 e. The third-order valence-electron chi connectivity index (χ3n) is 1.89. The van der Waals surface area contributed by atoms with Crippen molar-refractivity contribution in [3.05, 3.63) is 28.8 Å². The number of benzene rings is 1. The Kier molecular flexibility index (Phi) is 4.78. The molecule has 0 saturated carbocycles. The third kappa shape index (κ3) is 3.32. The van der Waals surface area contributed by atoms with Crippen LogP contribution in [0.1, 0.15) is 10.4 Å². The molecule has 0 saturated heterocycles. The van der Waals surface area contributed by atoms with Crippen LogP contribution in [0.15, 0.2) is 18.2 Å². The maximum absolute atomic E-state index is 11.6. The Morgan fingerprint density at radius 3 is 3.00 bits per heavy atom. The Hall–Kier alpha value is -0.870. The average molecular weight is 245 g/mol. The second kappa shape index (κ2) is 5.88. The molecular weight excluding hydrogens is 232 g/mol. The molecule has 0 unspecified atom stereocenters. The third-order valence-corrected chi connectivity index (χ3v) is 2.83. The summed E-state index contributed by atoms with van der Waals surface area (Å²) in [6, 6.07) is 5.04. The molecule has 0 spiro atoms. The van der Waals surface area contributed by atoms with Crippen molar-refractivity contribution in [2.45, 2.75) is 0 Å². The van der Waals surface area contributed by atoms with Gasteiger partial charge in [-0.2, -0.15) is 11.8 Å². The highest BCUT2D eigenvalue weighted by molar-refractivity contribution is 7.98. The van der Waals surface area contributed by atoms with E-state index < -0.39 is 0 Å². The van der Waals surface area contributed by atoms with E-state index in [-0.39, 0.29) is 5.91 Å². The summed E-state index contributed by atoms with van der Waals surface area (Å²) in [5.41, 5.74) is 6.46. The molecule has 0 bridgehead atoms. The first kappa shape index (κ1) is 12.2. The number of rotatable bonds is 4. The van der Waals surface area contributed by atoms with Crippen LogP contribution in [0, 0.1) is 0 Å². The topological polar surface area (TPSA) is 55.1 Å². The lowest BCUT2D eigenvalue weighted by atomic mass is 10.1. The van der Waals surface area contributed by atoms with Crippen LogP contribution in [0.4, 0.5) is 5.69 Å². The fourth-order valence-electron chi connectivity index (χ4n) is 1.10. The van der Waals surface area contributed by atoms with Crippen LogP contribution >= 0.6 is 23.4 Å². The van der Waals surface area contributed by atoms with Crippen LogP contribution in [0.25, 0.3) is 0 Å². The van der Waals surface area contributed by atoms with Gasteiger partial charge in [0.15, 0.2) is 0 Å².